The van der Waals surface area contributed by atoms with Crippen molar-refractivity contribution in [3.63, 3.8) is 0 Å². The van der Waals surface area contributed by atoms with Crippen molar-refractivity contribution in [2.24, 2.45) is 0 Å². The molecule has 0 aromatic heterocycles. The van der Waals surface area contributed by atoms with Crippen molar-refractivity contribution in [3.8, 4) is 0 Å². The molecule has 0 bridgehead atoms. The second-order valence-corrected chi connectivity index (χ2v) is 18.5. The fourth-order valence-electron chi connectivity index (χ4n) is 6.49. The van der Waals surface area contributed by atoms with Gasteiger partial charge in [-0.3, -0.25) is 0 Å². The van der Waals surface area contributed by atoms with Crippen molar-refractivity contribution >= 4 is 80.3 Å². The molecule has 0 fully saturated rings. The molecule has 0 N–H and O–H groups in total. The predicted octanol–water partition coefficient (Wildman–Crippen LogP) is 8.16. The van der Waals surface area contributed by atoms with Crippen LogP contribution >= 0.6 is 48.5 Å². The second kappa shape index (κ2) is 19.3. The second-order valence-electron chi connectivity index (χ2n) is 11.3. The maximum Gasteiger partial charge on any atom is 0.114 e. The van der Waals surface area contributed by atoms with Crippen LogP contribution in [-0.2, 0) is 9.47 Å². The zero-order valence-corrected chi connectivity index (χ0v) is 32.3. The smallest absolute Gasteiger partial charge is 0.114 e. The molecule has 0 spiro atoms. The van der Waals surface area contributed by atoms with Gasteiger partial charge in [-0.05, 0) is 72.8 Å². The van der Waals surface area contributed by atoms with Gasteiger partial charge >= 0.3 is 0 Å². The molecular weight excluding hydrogens is 758 g/mol. The quantitative estimate of drug-likeness (QED) is 0.0772. The summed E-state index contributed by atoms with van der Waals surface area (Å²) in [7, 11) is -3.80. The van der Waals surface area contributed by atoms with Gasteiger partial charge in [0.15, 0.2) is 0 Å². The maximum atomic E-state index is 6.35. The topological polar surface area (TPSA) is 18.5 Å². The highest BCUT2D eigenvalue weighted by Crippen LogP contribution is 2.56. The molecule has 0 amide bonds. The first kappa shape index (κ1) is 37.9. The molecule has 0 heterocycles. The summed E-state index contributed by atoms with van der Waals surface area (Å²) in [5.41, 5.74) is 0. The summed E-state index contributed by atoms with van der Waals surface area (Å²) < 4.78 is 12.7. The lowest BCUT2D eigenvalue weighted by Crippen LogP contribution is -2.35. The minimum Gasteiger partial charge on any atom is -0.375 e. The molecule has 48 heavy (non-hydrogen) atoms. The van der Waals surface area contributed by atoms with Gasteiger partial charge in [0.25, 0.3) is 0 Å². The van der Waals surface area contributed by atoms with Crippen LogP contribution in [0.15, 0.2) is 182 Å². The molecule has 246 valence electrons. The zero-order valence-electron chi connectivity index (χ0n) is 27.1. The third kappa shape index (κ3) is 8.61. The summed E-state index contributed by atoms with van der Waals surface area (Å²) in [5.74, 6) is 0. The van der Waals surface area contributed by atoms with E-state index in [4.69, 9.17) is 9.47 Å². The van der Waals surface area contributed by atoms with E-state index in [0.717, 1.165) is 12.3 Å². The van der Waals surface area contributed by atoms with Gasteiger partial charge in [-0.2, -0.15) is 0 Å². The Bertz CT molecular complexity index is 1400. The van der Waals surface area contributed by atoms with E-state index in [9.17, 15) is 0 Å². The fraction of sp³-hybridized carbons (Fsp3) is 0.143. The molecule has 0 radical (unpaired) electrons. The molecule has 6 aromatic carbocycles. The third-order valence-corrected chi connectivity index (χ3v) is 17.5. The normalized spacial score (nSPS) is 11.2. The SMILES string of the molecule is Br.Br.c1ccc([P+](CCOCCOCC[P+](c2ccccc2)(c2ccccc2)c2ccccc2)(c2ccccc2)c2ccccc2)cc1. The predicted molar refractivity (Wildman–Crippen MR) is 222 cm³/mol. The standard InChI is InChI=1S/C42H42O2P2.2BrH/c1-7-19-37(20-8-1)45(38-21-9-2-10-22-38,39-23-11-3-12-24-39)35-33-43-31-32-44-34-36-46(40-25-13-4-14-26-40,41-27-15-5-16-28-41)42-29-17-6-18-30-42;;/h1-30H,31-36H2;2*1H/q+2;;. The average molecular weight is 803 g/mol. The summed E-state index contributed by atoms with van der Waals surface area (Å²) in [5, 5.41) is 8.31. The van der Waals surface area contributed by atoms with Gasteiger partial charge in [-0.25, -0.2) is 0 Å². The van der Waals surface area contributed by atoms with Gasteiger partial charge in [0.1, 0.15) is 46.4 Å². The Morgan fingerprint density at radius 3 is 0.646 bits per heavy atom. The Hall–Kier alpha value is -2.94. The van der Waals surface area contributed by atoms with E-state index in [1.165, 1.54) is 31.8 Å². The Balaban J connectivity index is 0.00000260. The highest BCUT2D eigenvalue weighted by Gasteiger charge is 2.46. The zero-order chi connectivity index (χ0) is 31.3. The average Bonchev–Trinajstić information content (AvgIpc) is 3.15. The molecule has 0 saturated carbocycles. The molecule has 6 aromatic rings. The van der Waals surface area contributed by atoms with Crippen LogP contribution < -0.4 is 31.8 Å². The number of rotatable bonds is 15. The lowest BCUT2D eigenvalue weighted by Gasteiger charge is -2.28. The first-order chi connectivity index (χ1) is 22.8. The Kier molecular flexibility index (Phi) is 15.2. The van der Waals surface area contributed by atoms with Crippen molar-refractivity contribution in [3.05, 3.63) is 182 Å². The molecule has 0 aliphatic rings. The fourth-order valence-corrected chi connectivity index (χ4v) is 14.7. The molecule has 0 aliphatic heterocycles. The van der Waals surface area contributed by atoms with Gasteiger partial charge in [-0.15, -0.1) is 34.0 Å². The largest absolute Gasteiger partial charge is 0.375 e. The summed E-state index contributed by atoms with van der Waals surface area (Å²) in [4.78, 5) is 0. The molecule has 6 rings (SSSR count). The van der Waals surface area contributed by atoms with Gasteiger partial charge in [0.2, 0.25) is 0 Å². The van der Waals surface area contributed by atoms with Gasteiger partial charge < -0.3 is 9.47 Å². The number of halogens is 2. The number of ether oxygens (including phenoxy) is 2. The van der Waals surface area contributed by atoms with Crippen LogP contribution in [0.5, 0.6) is 0 Å². The third-order valence-electron chi connectivity index (χ3n) is 8.70. The molecule has 2 nitrogen and oxygen atoms in total. The van der Waals surface area contributed by atoms with E-state index in [-0.39, 0.29) is 34.0 Å². The Morgan fingerprint density at radius 2 is 0.458 bits per heavy atom. The van der Waals surface area contributed by atoms with Gasteiger partial charge in [0, 0.05) is 0 Å². The Labute approximate surface area is 308 Å². The Morgan fingerprint density at radius 1 is 0.271 bits per heavy atom. The van der Waals surface area contributed by atoms with Crippen molar-refractivity contribution in [1.29, 1.82) is 0 Å². The highest BCUT2D eigenvalue weighted by molar-refractivity contribution is 8.93. The van der Waals surface area contributed by atoms with Crippen molar-refractivity contribution in [1.82, 2.24) is 0 Å². The number of hydrogen-bond donors (Lipinski definition) is 0. The minimum absolute atomic E-state index is 0. The van der Waals surface area contributed by atoms with E-state index >= 15 is 0 Å². The van der Waals surface area contributed by atoms with E-state index in [1.54, 1.807) is 0 Å². The van der Waals surface area contributed by atoms with Crippen LogP contribution in [0.3, 0.4) is 0 Å². The van der Waals surface area contributed by atoms with E-state index in [2.05, 4.69) is 182 Å². The number of hydrogen-bond acceptors (Lipinski definition) is 2. The highest BCUT2D eigenvalue weighted by atomic mass is 79.9. The maximum absolute atomic E-state index is 6.35. The van der Waals surface area contributed by atoms with Crippen LogP contribution in [0.25, 0.3) is 0 Å². The molecule has 0 aliphatic carbocycles. The van der Waals surface area contributed by atoms with Crippen LogP contribution in [0, 0.1) is 0 Å². The van der Waals surface area contributed by atoms with E-state index < -0.39 is 14.5 Å². The monoisotopic (exact) mass is 800 g/mol. The first-order valence-corrected chi connectivity index (χ1v) is 20.0. The van der Waals surface area contributed by atoms with Gasteiger partial charge in [-0.1, -0.05) is 109 Å². The van der Waals surface area contributed by atoms with Crippen LogP contribution in [0.2, 0.25) is 0 Å². The van der Waals surface area contributed by atoms with E-state index in [0.29, 0.717) is 26.4 Å². The molecule has 0 saturated heterocycles. The van der Waals surface area contributed by atoms with E-state index in [1.807, 2.05) is 0 Å². The van der Waals surface area contributed by atoms with Crippen LogP contribution in [0.4, 0.5) is 0 Å². The molecule has 0 unspecified atom stereocenters. The number of benzene rings is 6. The molecule has 6 heteroatoms. The lowest BCUT2D eigenvalue weighted by molar-refractivity contribution is 0.0600. The van der Waals surface area contributed by atoms with Crippen molar-refractivity contribution < 1.29 is 9.47 Å². The molecule has 0 atom stereocenters. The lowest BCUT2D eigenvalue weighted by atomic mass is 10.4. The van der Waals surface area contributed by atoms with Crippen molar-refractivity contribution in [2.45, 2.75) is 0 Å². The summed E-state index contributed by atoms with van der Waals surface area (Å²) in [6.07, 6.45) is 1.88. The molecular formula is C42H44Br2O2P2+2. The summed E-state index contributed by atoms with van der Waals surface area (Å²) >= 11 is 0. The summed E-state index contributed by atoms with van der Waals surface area (Å²) in [6, 6.07) is 66.0. The van der Waals surface area contributed by atoms with Gasteiger partial charge in [0.05, 0.1) is 38.8 Å². The van der Waals surface area contributed by atoms with Crippen LogP contribution in [0.1, 0.15) is 0 Å². The minimum atomic E-state index is -1.90. The first-order valence-electron chi connectivity index (χ1n) is 16.1. The summed E-state index contributed by atoms with van der Waals surface area (Å²) in [6.45, 7) is 2.49. The van der Waals surface area contributed by atoms with Crippen molar-refractivity contribution in [2.75, 3.05) is 38.8 Å². The van der Waals surface area contributed by atoms with Crippen LogP contribution in [-0.4, -0.2) is 38.8 Å².